The summed E-state index contributed by atoms with van der Waals surface area (Å²) in [7, 11) is 1.63. The molecule has 0 unspecified atom stereocenters. The third kappa shape index (κ3) is 2.51. The highest BCUT2D eigenvalue weighted by Gasteiger charge is 2.11. The average molecular weight is 233 g/mol. The van der Waals surface area contributed by atoms with Gasteiger partial charge in [-0.25, -0.2) is 4.79 Å². The Bertz CT molecular complexity index is 516. The van der Waals surface area contributed by atoms with E-state index in [1.54, 1.807) is 7.11 Å². The monoisotopic (exact) mass is 233 g/mol. The molecule has 0 radical (unpaired) electrons. The summed E-state index contributed by atoms with van der Waals surface area (Å²) in [6.45, 7) is 0.541. The molecule has 1 aromatic heterocycles. The molecular formula is C12H11NO4. The minimum atomic E-state index is -1.13. The summed E-state index contributed by atoms with van der Waals surface area (Å²) in [5.74, 6) is -1.29. The molecule has 88 valence electrons. The fraction of sp³-hybridized carbons (Fsp3) is 0.167. The number of aromatic carboxylic acids is 1. The minimum Gasteiger partial charge on any atom is -0.475 e. The molecule has 0 saturated heterocycles. The van der Waals surface area contributed by atoms with Crippen molar-refractivity contribution in [1.82, 2.24) is 5.16 Å². The Labute approximate surface area is 97.6 Å². The third-order valence-corrected chi connectivity index (χ3v) is 2.28. The summed E-state index contributed by atoms with van der Waals surface area (Å²) in [5, 5.41) is 12.4. The highest BCUT2D eigenvalue weighted by Crippen LogP contribution is 2.19. The van der Waals surface area contributed by atoms with Gasteiger partial charge in [-0.2, -0.15) is 0 Å². The second-order valence-electron chi connectivity index (χ2n) is 3.51. The maximum atomic E-state index is 10.6. The number of carbonyl (C=O) groups is 1. The van der Waals surface area contributed by atoms with Crippen molar-refractivity contribution >= 4 is 5.97 Å². The third-order valence-electron chi connectivity index (χ3n) is 2.28. The van der Waals surface area contributed by atoms with Crippen molar-refractivity contribution in [1.29, 1.82) is 0 Å². The van der Waals surface area contributed by atoms with Crippen LogP contribution in [0.5, 0.6) is 0 Å². The molecule has 5 nitrogen and oxygen atoms in total. The van der Waals surface area contributed by atoms with Gasteiger partial charge in [-0.1, -0.05) is 29.4 Å². The molecule has 0 aliphatic carbocycles. The first-order valence-electron chi connectivity index (χ1n) is 4.99. The number of benzene rings is 1. The molecule has 0 spiro atoms. The average Bonchev–Trinajstić information content (AvgIpc) is 2.80. The summed E-state index contributed by atoms with van der Waals surface area (Å²) in [6.07, 6.45) is 0. The lowest BCUT2D eigenvalue weighted by atomic mass is 10.1. The van der Waals surface area contributed by atoms with Gasteiger partial charge in [0.15, 0.2) is 0 Å². The number of ether oxygens (including phenoxy) is 1. The van der Waals surface area contributed by atoms with Gasteiger partial charge in [0.25, 0.3) is 0 Å². The fourth-order valence-electron chi connectivity index (χ4n) is 1.45. The van der Waals surface area contributed by atoms with Gasteiger partial charge in [-0.05, 0) is 5.56 Å². The van der Waals surface area contributed by atoms with Gasteiger partial charge in [0.2, 0.25) is 5.76 Å². The molecule has 0 aliphatic heterocycles. The van der Waals surface area contributed by atoms with Crippen LogP contribution in [0.1, 0.15) is 16.1 Å². The van der Waals surface area contributed by atoms with Gasteiger partial charge in [-0.15, -0.1) is 0 Å². The lowest BCUT2D eigenvalue weighted by Crippen LogP contribution is -1.91. The van der Waals surface area contributed by atoms with Crippen LogP contribution in [0.3, 0.4) is 0 Å². The van der Waals surface area contributed by atoms with Crippen LogP contribution in [0.2, 0.25) is 0 Å². The standard InChI is InChI=1S/C12H11NO4/c1-16-7-8-2-4-9(5-3-8)10-6-11(12(14)15)17-13-10/h2-6H,7H2,1H3,(H,14,15). The van der Waals surface area contributed by atoms with Gasteiger partial charge in [-0.3, -0.25) is 0 Å². The van der Waals surface area contributed by atoms with Gasteiger partial charge in [0, 0.05) is 18.7 Å². The van der Waals surface area contributed by atoms with E-state index in [1.807, 2.05) is 24.3 Å². The van der Waals surface area contributed by atoms with E-state index in [0.717, 1.165) is 11.1 Å². The van der Waals surface area contributed by atoms with Crippen molar-refractivity contribution in [3.63, 3.8) is 0 Å². The Morgan fingerprint density at radius 2 is 2.12 bits per heavy atom. The van der Waals surface area contributed by atoms with Gasteiger partial charge in [0.05, 0.1) is 6.61 Å². The van der Waals surface area contributed by atoms with Crippen LogP contribution in [0.25, 0.3) is 11.3 Å². The number of methoxy groups -OCH3 is 1. The summed E-state index contributed by atoms with van der Waals surface area (Å²) in [4.78, 5) is 10.6. The summed E-state index contributed by atoms with van der Waals surface area (Å²) in [6, 6.07) is 8.88. The molecule has 0 atom stereocenters. The molecule has 1 heterocycles. The zero-order valence-corrected chi connectivity index (χ0v) is 9.21. The molecule has 0 amide bonds. The second kappa shape index (κ2) is 4.80. The Kier molecular flexibility index (Phi) is 3.20. The zero-order valence-electron chi connectivity index (χ0n) is 9.21. The molecule has 0 aliphatic rings. The van der Waals surface area contributed by atoms with Crippen molar-refractivity contribution in [3.8, 4) is 11.3 Å². The van der Waals surface area contributed by atoms with E-state index in [2.05, 4.69) is 9.68 Å². The molecule has 0 saturated carbocycles. The van der Waals surface area contributed by atoms with Crippen LogP contribution in [0.4, 0.5) is 0 Å². The Balaban J connectivity index is 2.23. The topological polar surface area (TPSA) is 72.6 Å². The van der Waals surface area contributed by atoms with Crippen molar-refractivity contribution < 1.29 is 19.2 Å². The molecular weight excluding hydrogens is 222 g/mol. The number of aromatic nitrogens is 1. The first-order chi connectivity index (χ1) is 8.20. The summed E-state index contributed by atoms with van der Waals surface area (Å²) < 4.78 is 9.68. The Hall–Kier alpha value is -2.14. The molecule has 17 heavy (non-hydrogen) atoms. The summed E-state index contributed by atoms with van der Waals surface area (Å²) in [5.41, 5.74) is 2.35. The molecule has 2 rings (SSSR count). The number of nitrogens with zero attached hydrogens (tertiary/aromatic N) is 1. The highest BCUT2D eigenvalue weighted by molar-refractivity contribution is 5.85. The first kappa shape index (κ1) is 11.3. The van der Waals surface area contributed by atoms with Crippen LogP contribution >= 0.6 is 0 Å². The lowest BCUT2D eigenvalue weighted by Gasteiger charge is -2.00. The second-order valence-corrected chi connectivity index (χ2v) is 3.51. The lowest BCUT2D eigenvalue weighted by molar-refractivity contribution is 0.0652. The molecule has 5 heteroatoms. The normalized spacial score (nSPS) is 10.4. The first-order valence-corrected chi connectivity index (χ1v) is 4.99. The SMILES string of the molecule is COCc1ccc(-c2cc(C(=O)O)on2)cc1. The quantitative estimate of drug-likeness (QED) is 0.876. The smallest absolute Gasteiger partial charge is 0.374 e. The number of rotatable bonds is 4. The molecule has 0 bridgehead atoms. The van der Waals surface area contributed by atoms with E-state index >= 15 is 0 Å². The molecule has 2 aromatic rings. The van der Waals surface area contributed by atoms with Crippen molar-refractivity contribution in [2.24, 2.45) is 0 Å². The van der Waals surface area contributed by atoms with Crippen LogP contribution < -0.4 is 0 Å². The number of carboxylic acid groups (broad SMARTS) is 1. The minimum absolute atomic E-state index is 0.166. The molecule has 1 N–H and O–H groups in total. The largest absolute Gasteiger partial charge is 0.475 e. The number of hydrogen-bond acceptors (Lipinski definition) is 4. The molecule has 0 fully saturated rings. The van der Waals surface area contributed by atoms with Crippen LogP contribution in [0.15, 0.2) is 34.9 Å². The van der Waals surface area contributed by atoms with Crippen LogP contribution in [0, 0.1) is 0 Å². The van der Waals surface area contributed by atoms with E-state index in [4.69, 9.17) is 9.84 Å². The Morgan fingerprint density at radius 1 is 1.41 bits per heavy atom. The van der Waals surface area contributed by atoms with E-state index in [-0.39, 0.29) is 5.76 Å². The van der Waals surface area contributed by atoms with Gasteiger partial charge < -0.3 is 14.4 Å². The van der Waals surface area contributed by atoms with E-state index in [0.29, 0.717) is 12.3 Å². The summed E-state index contributed by atoms with van der Waals surface area (Å²) >= 11 is 0. The maximum Gasteiger partial charge on any atom is 0.374 e. The number of hydrogen-bond donors (Lipinski definition) is 1. The number of carboxylic acids is 1. The van der Waals surface area contributed by atoms with Crippen molar-refractivity contribution in [2.75, 3.05) is 7.11 Å². The maximum absolute atomic E-state index is 10.6. The highest BCUT2D eigenvalue weighted by atomic mass is 16.5. The Morgan fingerprint density at radius 3 is 2.65 bits per heavy atom. The zero-order chi connectivity index (χ0) is 12.3. The van der Waals surface area contributed by atoms with Crippen LogP contribution in [-0.2, 0) is 11.3 Å². The van der Waals surface area contributed by atoms with E-state index < -0.39 is 5.97 Å². The molecule has 1 aromatic carbocycles. The van der Waals surface area contributed by atoms with Crippen molar-refractivity contribution in [3.05, 3.63) is 41.7 Å². The van der Waals surface area contributed by atoms with Gasteiger partial charge >= 0.3 is 5.97 Å². The predicted molar refractivity (Wildman–Crippen MR) is 59.6 cm³/mol. The van der Waals surface area contributed by atoms with E-state index in [9.17, 15) is 4.79 Å². The van der Waals surface area contributed by atoms with Crippen molar-refractivity contribution in [2.45, 2.75) is 6.61 Å². The fourth-order valence-corrected chi connectivity index (χ4v) is 1.45. The van der Waals surface area contributed by atoms with Gasteiger partial charge in [0.1, 0.15) is 5.69 Å². The van der Waals surface area contributed by atoms with E-state index in [1.165, 1.54) is 6.07 Å². The van der Waals surface area contributed by atoms with Crippen LogP contribution in [-0.4, -0.2) is 23.3 Å². The predicted octanol–water partition coefficient (Wildman–Crippen LogP) is 2.19.